The fraction of sp³-hybridized carbons (Fsp3) is 0.368. The molecule has 2 atom stereocenters. The van der Waals surface area contributed by atoms with Crippen molar-refractivity contribution in [1.29, 1.82) is 0 Å². The van der Waals surface area contributed by atoms with E-state index in [1.165, 1.54) is 11.1 Å². The maximum absolute atomic E-state index is 10.9. The van der Waals surface area contributed by atoms with Gasteiger partial charge in [-0.2, -0.15) is 0 Å². The molecule has 1 N–H and O–H groups in total. The molecule has 2 nitrogen and oxygen atoms in total. The van der Waals surface area contributed by atoms with E-state index < -0.39 is 6.10 Å². The van der Waals surface area contributed by atoms with Gasteiger partial charge in [-0.1, -0.05) is 35.9 Å². The zero-order chi connectivity index (χ0) is 14.8. The van der Waals surface area contributed by atoms with E-state index in [2.05, 4.69) is 24.3 Å². The minimum Gasteiger partial charge on any atom is -0.496 e. The molecule has 0 radical (unpaired) electrons. The van der Waals surface area contributed by atoms with E-state index in [1.54, 1.807) is 7.11 Å². The van der Waals surface area contributed by atoms with Gasteiger partial charge >= 0.3 is 0 Å². The summed E-state index contributed by atoms with van der Waals surface area (Å²) in [6.07, 6.45) is 2.76. The molecule has 0 saturated carbocycles. The highest BCUT2D eigenvalue weighted by atomic mass is 16.5. The molecule has 0 amide bonds. The molecule has 0 aromatic heterocycles. The summed E-state index contributed by atoms with van der Waals surface area (Å²) in [5.74, 6) is 0.932. The Kier molecular flexibility index (Phi) is 3.98. The van der Waals surface area contributed by atoms with Crippen LogP contribution in [0.3, 0.4) is 0 Å². The van der Waals surface area contributed by atoms with E-state index in [9.17, 15) is 5.11 Å². The molecular formula is C19H22O2. The predicted octanol–water partition coefficient (Wildman–Crippen LogP) is 4.16. The molecule has 0 aliphatic heterocycles. The van der Waals surface area contributed by atoms with Gasteiger partial charge in [0.05, 0.1) is 13.2 Å². The van der Waals surface area contributed by atoms with Crippen LogP contribution in [0.15, 0.2) is 42.5 Å². The summed E-state index contributed by atoms with van der Waals surface area (Å²) < 4.78 is 5.44. The zero-order valence-corrected chi connectivity index (χ0v) is 12.7. The Bertz CT molecular complexity index is 633. The van der Waals surface area contributed by atoms with Gasteiger partial charge in [-0.3, -0.25) is 0 Å². The topological polar surface area (TPSA) is 29.5 Å². The molecule has 3 rings (SSSR count). The quantitative estimate of drug-likeness (QED) is 0.916. The predicted molar refractivity (Wildman–Crippen MR) is 84.8 cm³/mol. The molecule has 2 unspecified atom stereocenters. The van der Waals surface area contributed by atoms with Crippen LogP contribution in [0.1, 0.15) is 47.1 Å². The Labute approximate surface area is 126 Å². The molecule has 2 aromatic rings. The van der Waals surface area contributed by atoms with E-state index in [0.717, 1.165) is 36.1 Å². The highest BCUT2D eigenvalue weighted by molar-refractivity contribution is 5.42. The number of hydrogen-bond donors (Lipinski definition) is 1. The van der Waals surface area contributed by atoms with Crippen molar-refractivity contribution in [1.82, 2.24) is 0 Å². The molecule has 2 aromatic carbocycles. The smallest absolute Gasteiger partial charge is 0.124 e. The number of benzene rings is 2. The number of aliphatic hydroxyl groups is 1. The van der Waals surface area contributed by atoms with Crippen molar-refractivity contribution in [2.45, 2.75) is 38.2 Å². The van der Waals surface area contributed by atoms with Crippen LogP contribution in [0.5, 0.6) is 5.75 Å². The summed E-state index contributed by atoms with van der Waals surface area (Å²) >= 11 is 0. The Morgan fingerprint density at radius 2 is 2.00 bits per heavy atom. The number of rotatable bonds is 3. The Morgan fingerprint density at radius 1 is 1.19 bits per heavy atom. The third-order valence-corrected chi connectivity index (χ3v) is 4.50. The molecule has 1 aliphatic carbocycles. The lowest BCUT2D eigenvalue weighted by Gasteiger charge is -2.30. The summed E-state index contributed by atoms with van der Waals surface area (Å²) in [6.45, 7) is 2.05. The summed E-state index contributed by atoms with van der Waals surface area (Å²) in [4.78, 5) is 0. The monoisotopic (exact) mass is 282 g/mol. The number of aliphatic hydroxyl groups excluding tert-OH is 1. The van der Waals surface area contributed by atoms with Gasteiger partial charge in [-0.05, 0) is 49.4 Å². The van der Waals surface area contributed by atoms with Gasteiger partial charge in [0.15, 0.2) is 0 Å². The fourth-order valence-corrected chi connectivity index (χ4v) is 3.42. The summed E-state index contributed by atoms with van der Waals surface area (Å²) in [6, 6.07) is 14.5. The SMILES string of the molecule is COc1ccc(C)cc1C(O)C1CCCc2ccccc21. The second kappa shape index (κ2) is 5.90. The van der Waals surface area contributed by atoms with Gasteiger partial charge < -0.3 is 9.84 Å². The molecular weight excluding hydrogens is 260 g/mol. The van der Waals surface area contributed by atoms with Gasteiger partial charge in [0.1, 0.15) is 5.75 Å². The summed E-state index contributed by atoms with van der Waals surface area (Å²) in [7, 11) is 1.66. The lowest BCUT2D eigenvalue weighted by atomic mass is 9.78. The fourth-order valence-electron chi connectivity index (χ4n) is 3.42. The molecule has 110 valence electrons. The second-order valence-corrected chi connectivity index (χ2v) is 5.89. The molecule has 0 saturated heterocycles. The third kappa shape index (κ3) is 2.68. The van der Waals surface area contributed by atoms with Crippen LogP contribution in [0.2, 0.25) is 0 Å². The Hall–Kier alpha value is -1.80. The number of fused-ring (bicyclic) bond motifs is 1. The van der Waals surface area contributed by atoms with Crippen LogP contribution < -0.4 is 4.74 Å². The Morgan fingerprint density at radius 3 is 2.81 bits per heavy atom. The third-order valence-electron chi connectivity index (χ3n) is 4.50. The first-order valence-corrected chi connectivity index (χ1v) is 7.61. The lowest BCUT2D eigenvalue weighted by Crippen LogP contribution is -2.17. The van der Waals surface area contributed by atoms with Gasteiger partial charge in [-0.15, -0.1) is 0 Å². The van der Waals surface area contributed by atoms with Crippen molar-refractivity contribution < 1.29 is 9.84 Å². The van der Waals surface area contributed by atoms with Crippen LogP contribution in [0.25, 0.3) is 0 Å². The van der Waals surface area contributed by atoms with Gasteiger partial charge in [0.25, 0.3) is 0 Å². The first-order valence-electron chi connectivity index (χ1n) is 7.61. The van der Waals surface area contributed by atoms with Crippen LogP contribution in [-0.2, 0) is 6.42 Å². The average Bonchev–Trinajstić information content (AvgIpc) is 2.53. The Balaban J connectivity index is 2.00. The molecule has 2 heteroatoms. The highest BCUT2D eigenvalue weighted by Gasteiger charge is 2.29. The van der Waals surface area contributed by atoms with Gasteiger partial charge in [0, 0.05) is 11.5 Å². The van der Waals surface area contributed by atoms with E-state index in [4.69, 9.17) is 4.74 Å². The first kappa shape index (κ1) is 14.2. The minimum atomic E-state index is -0.513. The highest BCUT2D eigenvalue weighted by Crippen LogP contribution is 2.42. The van der Waals surface area contributed by atoms with Crippen LogP contribution >= 0.6 is 0 Å². The van der Waals surface area contributed by atoms with Gasteiger partial charge in [-0.25, -0.2) is 0 Å². The van der Waals surface area contributed by atoms with Crippen molar-refractivity contribution in [2.24, 2.45) is 0 Å². The molecule has 1 aliphatic rings. The standard InChI is InChI=1S/C19H22O2/c1-13-10-11-18(21-2)17(12-13)19(20)16-9-5-7-14-6-3-4-8-15(14)16/h3-4,6,8,10-12,16,19-20H,5,7,9H2,1-2H3. The molecule has 0 bridgehead atoms. The number of methoxy groups -OCH3 is 1. The molecule has 21 heavy (non-hydrogen) atoms. The average molecular weight is 282 g/mol. The van der Waals surface area contributed by atoms with E-state index in [1.807, 2.05) is 25.1 Å². The summed E-state index contributed by atoms with van der Waals surface area (Å²) in [5, 5.41) is 10.9. The first-order chi connectivity index (χ1) is 10.2. The minimum absolute atomic E-state index is 0.158. The van der Waals surface area contributed by atoms with E-state index >= 15 is 0 Å². The maximum Gasteiger partial charge on any atom is 0.124 e. The van der Waals surface area contributed by atoms with Gasteiger partial charge in [0.2, 0.25) is 0 Å². The largest absolute Gasteiger partial charge is 0.496 e. The molecule has 0 fully saturated rings. The van der Waals surface area contributed by atoms with Crippen molar-refractivity contribution in [2.75, 3.05) is 7.11 Å². The lowest BCUT2D eigenvalue weighted by molar-refractivity contribution is 0.132. The van der Waals surface area contributed by atoms with Crippen LogP contribution in [-0.4, -0.2) is 12.2 Å². The van der Waals surface area contributed by atoms with Crippen molar-refractivity contribution in [3.05, 3.63) is 64.7 Å². The zero-order valence-electron chi connectivity index (χ0n) is 12.7. The van der Waals surface area contributed by atoms with E-state index in [0.29, 0.717) is 0 Å². The van der Waals surface area contributed by atoms with Crippen LogP contribution in [0.4, 0.5) is 0 Å². The normalized spacial score (nSPS) is 18.9. The van der Waals surface area contributed by atoms with Crippen LogP contribution in [0, 0.1) is 6.92 Å². The maximum atomic E-state index is 10.9. The van der Waals surface area contributed by atoms with Crippen molar-refractivity contribution in [3.8, 4) is 5.75 Å². The molecule has 0 heterocycles. The second-order valence-electron chi connectivity index (χ2n) is 5.89. The van der Waals surface area contributed by atoms with E-state index in [-0.39, 0.29) is 5.92 Å². The number of aryl methyl sites for hydroxylation is 2. The number of hydrogen-bond acceptors (Lipinski definition) is 2. The van der Waals surface area contributed by atoms with Crippen molar-refractivity contribution >= 4 is 0 Å². The number of ether oxygens (including phenoxy) is 1. The molecule has 0 spiro atoms. The summed E-state index contributed by atoms with van der Waals surface area (Å²) in [5.41, 5.74) is 4.72. The van der Waals surface area contributed by atoms with Crippen molar-refractivity contribution in [3.63, 3.8) is 0 Å².